The first-order valence-corrected chi connectivity index (χ1v) is 8.79. The predicted molar refractivity (Wildman–Crippen MR) is 99.5 cm³/mol. The van der Waals surface area contributed by atoms with Crippen LogP contribution in [0.3, 0.4) is 0 Å². The zero-order valence-corrected chi connectivity index (χ0v) is 14.8. The van der Waals surface area contributed by atoms with Crippen LogP contribution in [0.4, 0.5) is 0 Å². The molecule has 0 bridgehead atoms. The second-order valence-electron chi connectivity index (χ2n) is 5.18. The minimum atomic E-state index is -0.354. The zero-order chi connectivity index (χ0) is 18.4. The van der Waals surface area contributed by atoms with Crippen molar-refractivity contribution in [3.05, 3.63) is 70.1 Å². The Hall–Kier alpha value is -3.19. The van der Waals surface area contributed by atoms with Crippen molar-refractivity contribution in [1.29, 1.82) is 0 Å². The third kappa shape index (κ3) is 4.25. The van der Waals surface area contributed by atoms with Crippen molar-refractivity contribution >= 4 is 29.4 Å². The van der Waals surface area contributed by atoms with E-state index < -0.39 is 0 Å². The van der Waals surface area contributed by atoms with Crippen LogP contribution in [0, 0.1) is 0 Å². The maximum absolute atomic E-state index is 11.8. The molecule has 6 nitrogen and oxygen atoms in total. The molecular weight excluding hydrogens is 352 g/mol. The van der Waals surface area contributed by atoms with Crippen molar-refractivity contribution in [2.24, 2.45) is 5.10 Å². The Labute approximate surface area is 154 Å². The maximum atomic E-state index is 11.8. The van der Waals surface area contributed by atoms with Gasteiger partial charge in [0.05, 0.1) is 23.3 Å². The molecule has 0 spiro atoms. The Balaban J connectivity index is 1.63. The molecule has 0 fully saturated rings. The summed E-state index contributed by atoms with van der Waals surface area (Å²) in [4.78, 5) is 24.0. The summed E-state index contributed by atoms with van der Waals surface area (Å²) in [5.41, 5.74) is 3.75. The van der Waals surface area contributed by atoms with E-state index in [1.807, 2.05) is 5.38 Å². The van der Waals surface area contributed by atoms with Crippen LogP contribution in [0.25, 0.3) is 11.3 Å². The number of carbonyl (C=O) groups excluding carboxylic acids is 2. The second kappa shape index (κ2) is 8.26. The summed E-state index contributed by atoms with van der Waals surface area (Å²) >= 11 is 1.34. The van der Waals surface area contributed by atoms with Gasteiger partial charge in [0.1, 0.15) is 11.5 Å². The molecule has 0 radical (unpaired) electrons. The summed E-state index contributed by atoms with van der Waals surface area (Å²) < 4.78 is 10.6. The Morgan fingerprint density at radius 3 is 2.69 bits per heavy atom. The molecule has 3 aromatic rings. The lowest BCUT2D eigenvalue weighted by Crippen LogP contribution is -2.15. The molecule has 0 aliphatic carbocycles. The van der Waals surface area contributed by atoms with Gasteiger partial charge in [-0.05, 0) is 42.6 Å². The molecule has 7 heteroatoms. The highest BCUT2D eigenvalue weighted by Crippen LogP contribution is 2.22. The molecule has 132 valence electrons. The van der Waals surface area contributed by atoms with Gasteiger partial charge < -0.3 is 9.15 Å². The molecule has 3 rings (SSSR count). The minimum absolute atomic E-state index is 0.266. The van der Waals surface area contributed by atoms with Crippen LogP contribution >= 0.6 is 11.3 Å². The van der Waals surface area contributed by atoms with E-state index in [1.165, 1.54) is 17.6 Å². The van der Waals surface area contributed by atoms with Gasteiger partial charge in [0.15, 0.2) is 0 Å². The van der Waals surface area contributed by atoms with Gasteiger partial charge in [-0.2, -0.15) is 5.10 Å². The van der Waals surface area contributed by atoms with E-state index >= 15 is 0 Å². The van der Waals surface area contributed by atoms with Gasteiger partial charge in [-0.3, -0.25) is 4.79 Å². The van der Waals surface area contributed by atoms with Crippen LogP contribution in [0.2, 0.25) is 0 Å². The third-order valence-electron chi connectivity index (χ3n) is 3.41. The molecule has 0 atom stereocenters. The van der Waals surface area contributed by atoms with Gasteiger partial charge in [0.25, 0.3) is 5.91 Å². The molecule has 1 N–H and O–H groups in total. The molecular formula is C19H16N2O4S. The second-order valence-corrected chi connectivity index (χ2v) is 6.12. The van der Waals surface area contributed by atoms with E-state index in [1.54, 1.807) is 55.5 Å². The molecule has 0 aliphatic rings. The largest absolute Gasteiger partial charge is 0.462 e. The number of benzene rings is 1. The van der Waals surface area contributed by atoms with Crippen molar-refractivity contribution in [2.75, 3.05) is 6.61 Å². The predicted octanol–water partition coefficient (Wildman–Crippen LogP) is 3.95. The first-order valence-electron chi connectivity index (χ1n) is 7.91. The number of rotatable bonds is 6. The van der Waals surface area contributed by atoms with Crippen LogP contribution in [0.5, 0.6) is 0 Å². The molecule has 0 unspecified atom stereocenters. The van der Waals surface area contributed by atoms with E-state index in [0.29, 0.717) is 28.6 Å². The van der Waals surface area contributed by atoms with Crippen LogP contribution in [-0.2, 0) is 4.74 Å². The molecule has 2 heterocycles. The quantitative estimate of drug-likeness (QED) is 0.406. The number of thiophene rings is 1. The van der Waals surface area contributed by atoms with Crippen LogP contribution < -0.4 is 5.43 Å². The van der Waals surface area contributed by atoms with Gasteiger partial charge in [-0.15, -0.1) is 11.3 Å². The number of amides is 1. The summed E-state index contributed by atoms with van der Waals surface area (Å²) in [7, 11) is 0. The average Bonchev–Trinajstić information content (AvgIpc) is 3.34. The van der Waals surface area contributed by atoms with Crippen molar-refractivity contribution < 1.29 is 18.7 Å². The molecule has 2 aromatic heterocycles. The lowest BCUT2D eigenvalue weighted by Gasteiger charge is -2.02. The van der Waals surface area contributed by atoms with Crippen LogP contribution in [0.1, 0.15) is 32.7 Å². The van der Waals surface area contributed by atoms with E-state index in [-0.39, 0.29) is 11.9 Å². The van der Waals surface area contributed by atoms with Gasteiger partial charge >= 0.3 is 5.97 Å². The lowest BCUT2D eigenvalue weighted by molar-refractivity contribution is 0.0526. The van der Waals surface area contributed by atoms with Gasteiger partial charge in [0.2, 0.25) is 0 Å². The van der Waals surface area contributed by atoms with E-state index in [0.717, 1.165) is 5.56 Å². The number of ether oxygens (including phenoxy) is 1. The number of hydrogen-bond acceptors (Lipinski definition) is 6. The summed E-state index contributed by atoms with van der Waals surface area (Å²) in [5, 5.41) is 5.71. The number of nitrogens with zero attached hydrogens (tertiary/aromatic N) is 1. The van der Waals surface area contributed by atoms with Crippen molar-refractivity contribution in [1.82, 2.24) is 5.43 Å². The fourth-order valence-corrected chi connectivity index (χ4v) is 2.79. The first kappa shape index (κ1) is 17.6. The Morgan fingerprint density at radius 1 is 1.19 bits per heavy atom. The molecule has 0 saturated heterocycles. The zero-order valence-electron chi connectivity index (χ0n) is 14.0. The van der Waals surface area contributed by atoms with Crippen molar-refractivity contribution in [3.63, 3.8) is 0 Å². The topological polar surface area (TPSA) is 80.9 Å². The summed E-state index contributed by atoms with van der Waals surface area (Å²) in [5.74, 6) is 0.512. The van der Waals surface area contributed by atoms with Gasteiger partial charge in [-0.1, -0.05) is 18.2 Å². The Morgan fingerprint density at radius 2 is 2.00 bits per heavy atom. The highest BCUT2D eigenvalue weighted by molar-refractivity contribution is 7.12. The first-order chi connectivity index (χ1) is 12.7. The fraction of sp³-hybridized carbons (Fsp3) is 0.105. The normalized spacial score (nSPS) is 10.8. The maximum Gasteiger partial charge on any atom is 0.338 e. The van der Waals surface area contributed by atoms with Crippen LogP contribution in [-0.4, -0.2) is 24.7 Å². The molecule has 1 amide bonds. The third-order valence-corrected chi connectivity index (χ3v) is 4.28. The Kier molecular flexibility index (Phi) is 5.60. The van der Waals surface area contributed by atoms with Crippen molar-refractivity contribution in [2.45, 2.75) is 6.92 Å². The fourth-order valence-electron chi connectivity index (χ4n) is 2.18. The Bertz CT molecular complexity index is 911. The van der Waals surface area contributed by atoms with Crippen LogP contribution in [0.15, 0.2) is 63.4 Å². The molecule has 1 aromatic carbocycles. The van der Waals surface area contributed by atoms with Gasteiger partial charge in [0, 0.05) is 5.56 Å². The number of hydrogen-bond donors (Lipinski definition) is 1. The molecule has 0 saturated carbocycles. The van der Waals surface area contributed by atoms with E-state index in [4.69, 9.17) is 9.15 Å². The SMILES string of the molecule is CCOC(=O)c1ccc(-c2ccc(/C=N\NC(=O)c3cccs3)o2)cc1. The molecule has 26 heavy (non-hydrogen) atoms. The number of esters is 1. The minimum Gasteiger partial charge on any atom is -0.462 e. The lowest BCUT2D eigenvalue weighted by atomic mass is 10.1. The summed E-state index contributed by atoms with van der Waals surface area (Å²) in [6, 6.07) is 14.0. The summed E-state index contributed by atoms with van der Waals surface area (Å²) in [6.07, 6.45) is 1.43. The number of hydrazone groups is 1. The standard InChI is InChI=1S/C19H16N2O4S/c1-2-24-19(23)14-7-5-13(6-8-14)16-10-9-15(25-16)12-20-21-18(22)17-4-3-11-26-17/h3-12H,2H2,1H3,(H,21,22)/b20-12-. The number of carbonyl (C=O) groups is 2. The van der Waals surface area contributed by atoms with E-state index in [9.17, 15) is 9.59 Å². The number of furan rings is 1. The average molecular weight is 368 g/mol. The highest BCUT2D eigenvalue weighted by Gasteiger charge is 2.08. The highest BCUT2D eigenvalue weighted by atomic mass is 32.1. The summed E-state index contributed by atoms with van der Waals surface area (Å²) in [6.45, 7) is 2.10. The van der Waals surface area contributed by atoms with Gasteiger partial charge in [-0.25, -0.2) is 10.2 Å². The monoisotopic (exact) mass is 368 g/mol. The number of nitrogens with one attached hydrogen (secondary N) is 1. The smallest absolute Gasteiger partial charge is 0.338 e. The molecule has 0 aliphatic heterocycles. The van der Waals surface area contributed by atoms with Crippen molar-refractivity contribution in [3.8, 4) is 11.3 Å². The van der Waals surface area contributed by atoms with E-state index in [2.05, 4.69) is 10.5 Å².